The van der Waals surface area contributed by atoms with E-state index in [1.807, 2.05) is 13.8 Å². The van der Waals surface area contributed by atoms with Crippen molar-refractivity contribution in [2.75, 3.05) is 39.0 Å². The van der Waals surface area contributed by atoms with E-state index in [0.29, 0.717) is 5.56 Å². The molecule has 1 fully saturated rings. The molecule has 7 nitrogen and oxygen atoms in total. The number of hydrogen-bond acceptors (Lipinski definition) is 6. The number of carbonyl (C=O) groups is 1. The third-order valence-electron chi connectivity index (χ3n) is 6.01. The van der Waals surface area contributed by atoms with E-state index >= 15 is 0 Å². The summed E-state index contributed by atoms with van der Waals surface area (Å²) in [6, 6.07) is 2.07. The highest BCUT2D eigenvalue weighted by molar-refractivity contribution is 5.98. The summed E-state index contributed by atoms with van der Waals surface area (Å²) >= 11 is 0. The number of nitrogens with zero attached hydrogens (tertiary/aromatic N) is 4. The molecule has 3 heterocycles. The zero-order chi connectivity index (χ0) is 20.5. The number of fused-ring (bicyclic) bond motifs is 1. The first-order chi connectivity index (χ1) is 13.9. The third kappa shape index (κ3) is 4.45. The van der Waals surface area contributed by atoms with Crippen LogP contribution in [0.1, 0.15) is 51.5 Å². The molecular weight excluding hydrogens is 366 g/mol. The maximum atomic E-state index is 12.8. The molecule has 1 saturated carbocycles. The van der Waals surface area contributed by atoms with Crippen LogP contribution in [-0.4, -0.2) is 59.6 Å². The lowest BCUT2D eigenvalue weighted by atomic mass is 10.0. The molecule has 156 valence electrons. The van der Waals surface area contributed by atoms with Crippen LogP contribution >= 0.6 is 0 Å². The van der Waals surface area contributed by atoms with Crippen molar-refractivity contribution in [2.24, 2.45) is 5.92 Å². The van der Waals surface area contributed by atoms with Gasteiger partial charge in [-0.1, -0.05) is 5.16 Å². The molecular formula is C22H31N5O2. The molecule has 2 aromatic rings. The van der Waals surface area contributed by atoms with E-state index < -0.39 is 0 Å². The van der Waals surface area contributed by atoms with E-state index in [0.717, 1.165) is 67.9 Å². The Morgan fingerprint density at radius 1 is 1.28 bits per heavy atom. The summed E-state index contributed by atoms with van der Waals surface area (Å²) in [5.74, 6) is 2.38. The van der Waals surface area contributed by atoms with Crippen molar-refractivity contribution >= 4 is 11.7 Å². The standard InChI is InChI=1S/C22H31N5O2/c1-14-19(15(2)29-25-14)13-27-9-7-17-11-18(22(28)26(3)4)21(23-12-16-5-6-16)24-20(17)8-10-27/h11,16H,5-10,12-13H2,1-4H3,(H,23,24). The van der Waals surface area contributed by atoms with E-state index in [2.05, 4.69) is 21.4 Å². The fourth-order valence-corrected chi connectivity index (χ4v) is 3.89. The molecule has 4 rings (SSSR count). The zero-order valence-electron chi connectivity index (χ0n) is 17.9. The van der Waals surface area contributed by atoms with Crippen molar-refractivity contribution in [1.29, 1.82) is 0 Å². The molecule has 0 spiro atoms. The predicted molar refractivity (Wildman–Crippen MR) is 112 cm³/mol. The number of amides is 1. The lowest BCUT2D eigenvalue weighted by Crippen LogP contribution is -2.26. The van der Waals surface area contributed by atoms with Gasteiger partial charge in [-0.3, -0.25) is 9.69 Å². The van der Waals surface area contributed by atoms with Gasteiger partial charge in [0.05, 0.1) is 11.3 Å². The number of pyridine rings is 1. The Morgan fingerprint density at radius 3 is 2.69 bits per heavy atom. The molecule has 2 aliphatic rings. The molecule has 1 aliphatic carbocycles. The molecule has 0 aromatic carbocycles. The molecule has 0 radical (unpaired) electrons. The van der Waals surface area contributed by atoms with E-state index in [-0.39, 0.29) is 5.91 Å². The number of aromatic nitrogens is 2. The first kappa shape index (κ1) is 19.9. The molecule has 2 aromatic heterocycles. The quantitative estimate of drug-likeness (QED) is 0.808. The highest BCUT2D eigenvalue weighted by atomic mass is 16.5. The Balaban J connectivity index is 1.54. The van der Waals surface area contributed by atoms with Crippen molar-refractivity contribution in [1.82, 2.24) is 19.9 Å². The molecule has 29 heavy (non-hydrogen) atoms. The van der Waals surface area contributed by atoms with Gasteiger partial charge < -0.3 is 14.7 Å². The number of hydrogen-bond donors (Lipinski definition) is 1. The highest BCUT2D eigenvalue weighted by Gasteiger charge is 2.25. The van der Waals surface area contributed by atoms with Crippen molar-refractivity contribution in [3.8, 4) is 0 Å². The Hall–Kier alpha value is -2.41. The van der Waals surface area contributed by atoms with Gasteiger partial charge in [0, 0.05) is 58.0 Å². The molecule has 7 heteroatoms. The molecule has 0 atom stereocenters. The lowest BCUT2D eigenvalue weighted by molar-refractivity contribution is 0.0828. The number of anilines is 1. The molecule has 0 saturated heterocycles. The summed E-state index contributed by atoms with van der Waals surface area (Å²) < 4.78 is 5.32. The minimum Gasteiger partial charge on any atom is -0.369 e. The molecule has 0 unspecified atom stereocenters. The molecule has 1 amide bonds. The van der Waals surface area contributed by atoms with Crippen molar-refractivity contribution in [2.45, 2.75) is 46.1 Å². The Kier molecular flexibility index (Phi) is 5.58. The minimum atomic E-state index is 0.00965. The van der Waals surface area contributed by atoms with E-state index in [4.69, 9.17) is 9.51 Å². The van der Waals surface area contributed by atoms with Gasteiger partial charge >= 0.3 is 0 Å². The normalized spacial score (nSPS) is 17.0. The van der Waals surface area contributed by atoms with Crippen LogP contribution in [0.4, 0.5) is 5.82 Å². The van der Waals surface area contributed by atoms with E-state index in [1.54, 1.807) is 19.0 Å². The van der Waals surface area contributed by atoms with Crippen molar-refractivity contribution < 1.29 is 9.32 Å². The molecule has 1 N–H and O–H groups in total. The minimum absolute atomic E-state index is 0.00965. The van der Waals surface area contributed by atoms with Crippen LogP contribution in [0.25, 0.3) is 0 Å². The Morgan fingerprint density at radius 2 is 2.03 bits per heavy atom. The van der Waals surface area contributed by atoms with Gasteiger partial charge in [0.15, 0.2) is 0 Å². The van der Waals surface area contributed by atoms with Gasteiger partial charge in [0.2, 0.25) is 0 Å². The summed E-state index contributed by atoms with van der Waals surface area (Å²) in [5.41, 5.74) is 5.13. The van der Waals surface area contributed by atoms with Crippen LogP contribution in [0, 0.1) is 19.8 Å². The van der Waals surface area contributed by atoms with Crippen molar-refractivity contribution in [3.63, 3.8) is 0 Å². The summed E-state index contributed by atoms with van der Waals surface area (Å²) in [6.45, 7) is 7.58. The second-order valence-corrected chi connectivity index (χ2v) is 8.59. The lowest BCUT2D eigenvalue weighted by Gasteiger charge is -2.19. The van der Waals surface area contributed by atoms with Crippen LogP contribution in [0.2, 0.25) is 0 Å². The van der Waals surface area contributed by atoms with Gasteiger partial charge in [0.1, 0.15) is 11.6 Å². The topological polar surface area (TPSA) is 74.5 Å². The third-order valence-corrected chi connectivity index (χ3v) is 6.01. The predicted octanol–water partition coefficient (Wildman–Crippen LogP) is 2.81. The van der Waals surface area contributed by atoms with Gasteiger partial charge in [-0.25, -0.2) is 4.98 Å². The number of rotatable bonds is 6. The van der Waals surface area contributed by atoms with Crippen LogP contribution in [0.3, 0.4) is 0 Å². The Labute approximate surface area is 172 Å². The first-order valence-electron chi connectivity index (χ1n) is 10.5. The fraction of sp³-hybridized carbons (Fsp3) is 0.591. The molecule has 0 bridgehead atoms. The van der Waals surface area contributed by atoms with Crippen LogP contribution < -0.4 is 5.32 Å². The van der Waals surface area contributed by atoms with Crippen molar-refractivity contribution in [3.05, 3.63) is 39.9 Å². The van der Waals surface area contributed by atoms with Crippen LogP contribution in [0.15, 0.2) is 10.6 Å². The fourth-order valence-electron chi connectivity index (χ4n) is 3.89. The van der Waals surface area contributed by atoms with E-state index in [1.165, 1.54) is 24.0 Å². The summed E-state index contributed by atoms with van der Waals surface area (Å²) in [5, 5.41) is 7.53. The van der Waals surface area contributed by atoms with Gasteiger partial charge in [-0.2, -0.15) is 0 Å². The summed E-state index contributed by atoms with van der Waals surface area (Å²) in [7, 11) is 3.59. The summed E-state index contributed by atoms with van der Waals surface area (Å²) in [4.78, 5) is 21.8. The SMILES string of the molecule is Cc1noc(C)c1CN1CCc2cc(C(=O)N(C)C)c(NCC3CC3)nc2CC1. The number of aryl methyl sites for hydroxylation is 2. The highest BCUT2D eigenvalue weighted by Crippen LogP contribution is 2.30. The van der Waals surface area contributed by atoms with Crippen LogP contribution in [-0.2, 0) is 19.4 Å². The smallest absolute Gasteiger partial charge is 0.257 e. The average Bonchev–Trinajstić information content (AvgIpc) is 3.50. The maximum Gasteiger partial charge on any atom is 0.257 e. The molecule has 1 aliphatic heterocycles. The summed E-state index contributed by atoms with van der Waals surface area (Å²) in [6.07, 6.45) is 4.31. The maximum absolute atomic E-state index is 12.8. The number of nitrogens with one attached hydrogen (secondary N) is 1. The van der Waals surface area contributed by atoms with Crippen LogP contribution in [0.5, 0.6) is 0 Å². The van der Waals surface area contributed by atoms with Gasteiger partial charge in [-0.15, -0.1) is 0 Å². The Bertz CT molecular complexity index is 881. The average molecular weight is 398 g/mol. The first-order valence-corrected chi connectivity index (χ1v) is 10.5. The second kappa shape index (κ2) is 8.14. The van der Waals surface area contributed by atoms with Gasteiger partial charge in [0.25, 0.3) is 5.91 Å². The second-order valence-electron chi connectivity index (χ2n) is 8.59. The van der Waals surface area contributed by atoms with Gasteiger partial charge in [-0.05, 0) is 50.7 Å². The largest absolute Gasteiger partial charge is 0.369 e. The zero-order valence-corrected chi connectivity index (χ0v) is 17.9. The van der Waals surface area contributed by atoms with E-state index in [9.17, 15) is 4.79 Å². The number of carbonyl (C=O) groups excluding carboxylic acids is 1. The monoisotopic (exact) mass is 397 g/mol.